The summed E-state index contributed by atoms with van der Waals surface area (Å²) in [5.74, 6) is -0.749. The van der Waals surface area contributed by atoms with Crippen molar-refractivity contribution < 1.29 is 19.4 Å². The van der Waals surface area contributed by atoms with E-state index in [1.54, 1.807) is 4.90 Å². The van der Waals surface area contributed by atoms with Crippen LogP contribution in [0.5, 0.6) is 0 Å². The van der Waals surface area contributed by atoms with Crippen LogP contribution in [-0.2, 0) is 9.53 Å². The molecule has 0 aromatic carbocycles. The second kappa shape index (κ2) is 4.72. The molecule has 92 valence electrons. The number of hydrogen-bond acceptors (Lipinski definition) is 3. The first kappa shape index (κ1) is 12.8. The van der Waals surface area contributed by atoms with E-state index in [2.05, 4.69) is 0 Å². The Bertz CT molecular complexity index is 282. The number of hydrogen-bond donors (Lipinski definition) is 1. The summed E-state index contributed by atoms with van der Waals surface area (Å²) in [6.07, 6.45) is 0.519. The van der Waals surface area contributed by atoms with Crippen LogP contribution >= 0.6 is 0 Å². The van der Waals surface area contributed by atoms with Crippen molar-refractivity contribution in [2.75, 3.05) is 13.1 Å². The average molecular weight is 229 g/mol. The predicted molar refractivity (Wildman–Crippen MR) is 58.2 cm³/mol. The molecule has 0 unspecified atom stereocenters. The van der Waals surface area contributed by atoms with Gasteiger partial charge in [0.1, 0.15) is 5.60 Å². The summed E-state index contributed by atoms with van der Waals surface area (Å²) >= 11 is 0. The molecule has 0 aliphatic carbocycles. The fourth-order valence-corrected chi connectivity index (χ4v) is 1.74. The lowest BCUT2D eigenvalue weighted by Crippen LogP contribution is -2.35. The minimum absolute atomic E-state index is 0.0602. The predicted octanol–water partition coefficient (Wildman–Crippen LogP) is 1.72. The summed E-state index contributed by atoms with van der Waals surface area (Å²) in [5.41, 5.74) is -0.498. The van der Waals surface area contributed by atoms with E-state index in [0.717, 1.165) is 6.42 Å². The Morgan fingerprint density at radius 3 is 2.56 bits per heavy atom. The number of amides is 1. The molecular weight excluding hydrogens is 210 g/mol. The molecule has 1 saturated heterocycles. The van der Waals surface area contributed by atoms with Crippen molar-refractivity contribution in [3.05, 3.63) is 0 Å². The fourth-order valence-electron chi connectivity index (χ4n) is 1.74. The average Bonchev–Trinajstić information content (AvgIpc) is 2.48. The van der Waals surface area contributed by atoms with E-state index in [4.69, 9.17) is 9.84 Å². The van der Waals surface area contributed by atoms with Gasteiger partial charge in [-0.25, -0.2) is 4.79 Å². The summed E-state index contributed by atoms with van der Waals surface area (Å²) in [4.78, 5) is 23.8. The molecule has 5 nitrogen and oxygen atoms in total. The summed E-state index contributed by atoms with van der Waals surface area (Å²) in [6.45, 7) is 6.52. The highest BCUT2D eigenvalue weighted by Gasteiger charge is 2.30. The van der Waals surface area contributed by atoms with Gasteiger partial charge in [-0.15, -0.1) is 0 Å². The zero-order chi connectivity index (χ0) is 12.3. The van der Waals surface area contributed by atoms with Crippen LogP contribution in [0.4, 0.5) is 4.79 Å². The Kier molecular flexibility index (Phi) is 3.78. The van der Waals surface area contributed by atoms with Gasteiger partial charge in [0.15, 0.2) is 0 Å². The second-order valence-corrected chi connectivity index (χ2v) is 5.18. The maximum atomic E-state index is 11.6. The molecule has 0 spiro atoms. The SMILES string of the molecule is CC(C)(C)OC(=O)N1CC[C@H](CC(=O)O)C1. The maximum absolute atomic E-state index is 11.6. The van der Waals surface area contributed by atoms with E-state index in [1.807, 2.05) is 20.8 Å². The van der Waals surface area contributed by atoms with Gasteiger partial charge in [0, 0.05) is 19.5 Å². The quantitative estimate of drug-likeness (QED) is 0.782. The van der Waals surface area contributed by atoms with Crippen molar-refractivity contribution in [3.63, 3.8) is 0 Å². The molecule has 1 atom stereocenters. The molecule has 1 aliphatic heterocycles. The lowest BCUT2D eigenvalue weighted by molar-refractivity contribution is -0.138. The van der Waals surface area contributed by atoms with E-state index in [-0.39, 0.29) is 18.4 Å². The molecule has 5 heteroatoms. The van der Waals surface area contributed by atoms with Gasteiger partial charge in [0.25, 0.3) is 0 Å². The van der Waals surface area contributed by atoms with Crippen molar-refractivity contribution in [2.24, 2.45) is 5.92 Å². The molecule has 0 radical (unpaired) electrons. The normalized spacial score (nSPS) is 20.9. The van der Waals surface area contributed by atoms with E-state index in [9.17, 15) is 9.59 Å². The molecular formula is C11H19NO4. The van der Waals surface area contributed by atoms with Gasteiger partial charge in [-0.2, -0.15) is 0 Å². The van der Waals surface area contributed by atoms with Crippen LogP contribution in [0.3, 0.4) is 0 Å². The largest absolute Gasteiger partial charge is 0.481 e. The maximum Gasteiger partial charge on any atom is 0.410 e. The molecule has 1 amide bonds. The van der Waals surface area contributed by atoms with Gasteiger partial charge in [0.2, 0.25) is 0 Å². The lowest BCUT2D eigenvalue weighted by Gasteiger charge is -2.24. The van der Waals surface area contributed by atoms with E-state index < -0.39 is 11.6 Å². The molecule has 16 heavy (non-hydrogen) atoms. The standard InChI is InChI=1S/C11H19NO4/c1-11(2,3)16-10(15)12-5-4-8(7-12)6-9(13)14/h8H,4-7H2,1-3H3,(H,13,14)/t8-/m1/s1. The Labute approximate surface area is 95.4 Å². The van der Waals surface area contributed by atoms with Crippen LogP contribution in [0.15, 0.2) is 0 Å². The first-order valence-electron chi connectivity index (χ1n) is 5.47. The summed E-state index contributed by atoms with van der Waals surface area (Å²) < 4.78 is 5.21. The van der Waals surface area contributed by atoms with Crippen LogP contribution in [0.1, 0.15) is 33.6 Å². The highest BCUT2D eigenvalue weighted by Crippen LogP contribution is 2.21. The zero-order valence-corrected chi connectivity index (χ0v) is 10.0. The number of rotatable bonds is 2. The van der Waals surface area contributed by atoms with Crippen molar-refractivity contribution in [1.82, 2.24) is 4.90 Å². The van der Waals surface area contributed by atoms with Crippen molar-refractivity contribution in [3.8, 4) is 0 Å². The number of carboxylic acid groups (broad SMARTS) is 1. The van der Waals surface area contributed by atoms with Crippen molar-refractivity contribution in [1.29, 1.82) is 0 Å². The van der Waals surface area contributed by atoms with Crippen molar-refractivity contribution in [2.45, 2.75) is 39.2 Å². The van der Waals surface area contributed by atoms with Crippen LogP contribution in [0, 0.1) is 5.92 Å². The third-order valence-corrected chi connectivity index (χ3v) is 2.40. The number of ether oxygens (including phenoxy) is 1. The van der Waals surface area contributed by atoms with Gasteiger partial charge in [-0.1, -0.05) is 0 Å². The molecule has 0 aromatic rings. The van der Waals surface area contributed by atoms with E-state index in [0.29, 0.717) is 13.1 Å². The second-order valence-electron chi connectivity index (χ2n) is 5.18. The Morgan fingerprint density at radius 1 is 1.44 bits per heavy atom. The van der Waals surface area contributed by atoms with Crippen LogP contribution < -0.4 is 0 Å². The summed E-state index contributed by atoms with van der Waals surface area (Å²) in [6, 6.07) is 0. The molecule has 1 N–H and O–H groups in total. The number of aliphatic carboxylic acids is 1. The Balaban J connectivity index is 2.41. The minimum atomic E-state index is -0.809. The monoisotopic (exact) mass is 229 g/mol. The Morgan fingerprint density at radius 2 is 2.06 bits per heavy atom. The highest BCUT2D eigenvalue weighted by molar-refractivity contribution is 5.69. The van der Waals surface area contributed by atoms with Crippen LogP contribution in [-0.4, -0.2) is 40.8 Å². The van der Waals surface area contributed by atoms with Gasteiger partial charge in [0.05, 0.1) is 0 Å². The van der Waals surface area contributed by atoms with Gasteiger partial charge >= 0.3 is 12.1 Å². The summed E-state index contributed by atoms with van der Waals surface area (Å²) in [7, 11) is 0. The molecule has 1 rings (SSSR count). The smallest absolute Gasteiger partial charge is 0.410 e. The Hall–Kier alpha value is -1.26. The van der Waals surface area contributed by atoms with Crippen molar-refractivity contribution >= 4 is 12.1 Å². The lowest BCUT2D eigenvalue weighted by atomic mass is 10.1. The third-order valence-electron chi connectivity index (χ3n) is 2.40. The third kappa shape index (κ3) is 4.08. The number of carbonyl (C=O) groups is 2. The molecule has 0 aromatic heterocycles. The zero-order valence-electron chi connectivity index (χ0n) is 10.0. The topological polar surface area (TPSA) is 66.8 Å². The number of likely N-dealkylation sites (tertiary alicyclic amines) is 1. The molecule has 1 heterocycles. The first-order valence-corrected chi connectivity index (χ1v) is 5.47. The molecule has 1 fully saturated rings. The highest BCUT2D eigenvalue weighted by atomic mass is 16.6. The van der Waals surface area contributed by atoms with Crippen LogP contribution in [0.2, 0.25) is 0 Å². The molecule has 0 bridgehead atoms. The number of nitrogens with zero attached hydrogens (tertiary/aromatic N) is 1. The molecule has 1 aliphatic rings. The number of carbonyl (C=O) groups excluding carboxylic acids is 1. The summed E-state index contributed by atoms with van der Waals surface area (Å²) in [5, 5.41) is 8.65. The minimum Gasteiger partial charge on any atom is -0.481 e. The van der Waals surface area contributed by atoms with Gasteiger partial charge < -0.3 is 14.7 Å². The first-order chi connectivity index (χ1) is 7.28. The fraction of sp³-hybridized carbons (Fsp3) is 0.818. The molecule has 0 saturated carbocycles. The van der Waals surface area contributed by atoms with E-state index in [1.165, 1.54) is 0 Å². The van der Waals surface area contributed by atoms with Crippen LogP contribution in [0.25, 0.3) is 0 Å². The van der Waals surface area contributed by atoms with Gasteiger partial charge in [-0.3, -0.25) is 4.79 Å². The van der Waals surface area contributed by atoms with Gasteiger partial charge in [-0.05, 0) is 33.1 Å². The number of carboxylic acids is 1. The van der Waals surface area contributed by atoms with E-state index >= 15 is 0 Å².